The van der Waals surface area contributed by atoms with Crippen LogP contribution < -0.4 is 0 Å². The van der Waals surface area contributed by atoms with Gasteiger partial charge in [0.25, 0.3) is 0 Å². The van der Waals surface area contributed by atoms with Crippen molar-refractivity contribution in [3.63, 3.8) is 0 Å². The van der Waals surface area contributed by atoms with Crippen LogP contribution in [0.1, 0.15) is 43.2 Å². The highest BCUT2D eigenvalue weighted by Crippen LogP contribution is 2.53. The fraction of sp³-hybridized carbons (Fsp3) is 0.440. The van der Waals surface area contributed by atoms with Crippen molar-refractivity contribution in [3.05, 3.63) is 58.1 Å². The molecule has 2 saturated heterocycles. The lowest BCUT2D eigenvalue weighted by atomic mass is 9.79. The molecule has 2 unspecified atom stereocenters. The lowest BCUT2D eigenvalue weighted by molar-refractivity contribution is -0.142. The number of pyridine rings is 1. The zero-order valence-electron chi connectivity index (χ0n) is 19.4. The van der Waals surface area contributed by atoms with Crippen molar-refractivity contribution in [1.82, 2.24) is 14.8 Å². The maximum absolute atomic E-state index is 14.3. The Kier molecular flexibility index (Phi) is 6.37. The Morgan fingerprint density at radius 1 is 1.25 bits per heavy atom. The molecule has 0 bridgehead atoms. The molecule has 1 aliphatic carbocycles. The van der Waals surface area contributed by atoms with Crippen molar-refractivity contribution in [2.75, 3.05) is 13.1 Å². The molecule has 2 aliphatic heterocycles. The van der Waals surface area contributed by atoms with E-state index in [-0.39, 0.29) is 49.1 Å². The maximum Gasteiger partial charge on any atom is 0.245 e. The topological polar surface area (TPSA) is 111 Å². The third-order valence-corrected chi connectivity index (χ3v) is 10.7. The molecule has 188 valence electrons. The summed E-state index contributed by atoms with van der Waals surface area (Å²) in [6, 6.07) is 7.24. The SMILES string of the molecule is N#CCCN1C(=O)CC[C@H]1C(=O)N1CCC2(S(=O)(=O)c3ccc(F)cc3)c3cnc(Br)cc3CCC12. The van der Waals surface area contributed by atoms with Gasteiger partial charge in [-0.15, -0.1) is 0 Å². The van der Waals surface area contributed by atoms with Crippen molar-refractivity contribution in [3.8, 4) is 6.07 Å². The molecule has 2 amide bonds. The fourth-order valence-corrected chi connectivity index (χ4v) is 8.82. The summed E-state index contributed by atoms with van der Waals surface area (Å²) in [5.41, 5.74) is 1.41. The van der Waals surface area contributed by atoms with E-state index in [0.29, 0.717) is 29.4 Å². The number of nitrogens with zero attached hydrogens (tertiary/aromatic N) is 4. The van der Waals surface area contributed by atoms with Gasteiger partial charge in [0.05, 0.1) is 23.4 Å². The highest BCUT2D eigenvalue weighted by Gasteiger charge is 2.61. The van der Waals surface area contributed by atoms with Gasteiger partial charge >= 0.3 is 0 Å². The van der Waals surface area contributed by atoms with E-state index in [1.54, 1.807) is 11.1 Å². The highest BCUT2D eigenvalue weighted by molar-refractivity contribution is 9.10. The molecule has 0 saturated carbocycles. The number of aromatic nitrogens is 1. The first kappa shape index (κ1) is 24.8. The minimum Gasteiger partial charge on any atom is -0.336 e. The van der Waals surface area contributed by atoms with Gasteiger partial charge < -0.3 is 9.80 Å². The molecule has 8 nitrogen and oxygen atoms in total. The van der Waals surface area contributed by atoms with Gasteiger partial charge in [-0.05, 0) is 83.1 Å². The Balaban J connectivity index is 1.59. The maximum atomic E-state index is 14.3. The zero-order valence-corrected chi connectivity index (χ0v) is 21.8. The average molecular weight is 575 g/mol. The second-order valence-electron chi connectivity index (χ2n) is 9.40. The monoisotopic (exact) mass is 574 g/mol. The summed E-state index contributed by atoms with van der Waals surface area (Å²) in [5, 5.41) is 8.98. The Labute approximate surface area is 217 Å². The van der Waals surface area contributed by atoms with Crippen LogP contribution in [-0.4, -0.2) is 60.2 Å². The van der Waals surface area contributed by atoms with Crippen LogP contribution >= 0.6 is 15.9 Å². The number of benzene rings is 1. The first-order valence-corrected chi connectivity index (χ1v) is 14.1. The molecule has 2 fully saturated rings. The number of carbonyl (C=O) groups excluding carboxylic acids is 2. The predicted molar refractivity (Wildman–Crippen MR) is 131 cm³/mol. The summed E-state index contributed by atoms with van der Waals surface area (Å²) in [4.78, 5) is 33.6. The molecule has 11 heteroatoms. The van der Waals surface area contributed by atoms with Crippen molar-refractivity contribution >= 4 is 37.6 Å². The molecule has 3 aliphatic rings. The average Bonchev–Trinajstić information content (AvgIpc) is 3.44. The van der Waals surface area contributed by atoms with Crippen molar-refractivity contribution in [2.24, 2.45) is 0 Å². The van der Waals surface area contributed by atoms with Crippen molar-refractivity contribution in [2.45, 2.75) is 60.3 Å². The van der Waals surface area contributed by atoms with Gasteiger partial charge in [-0.3, -0.25) is 9.59 Å². The molecule has 2 aromatic rings. The summed E-state index contributed by atoms with van der Waals surface area (Å²) >= 11 is 3.37. The summed E-state index contributed by atoms with van der Waals surface area (Å²) < 4.78 is 41.4. The molecule has 0 radical (unpaired) electrons. The van der Waals surface area contributed by atoms with E-state index in [0.717, 1.165) is 17.7 Å². The smallest absolute Gasteiger partial charge is 0.245 e. The number of fused-ring (bicyclic) bond motifs is 3. The zero-order chi connectivity index (χ0) is 25.7. The second kappa shape index (κ2) is 9.23. The van der Waals surface area contributed by atoms with Crippen LogP contribution in [-0.2, 0) is 30.6 Å². The normalized spacial score (nSPS) is 25.4. The number of aryl methyl sites for hydroxylation is 1. The number of rotatable bonds is 5. The van der Waals surface area contributed by atoms with E-state index < -0.39 is 32.5 Å². The number of sulfone groups is 1. The van der Waals surface area contributed by atoms with Gasteiger partial charge in [0, 0.05) is 25.7 Å². The third-order valence-electron chi connectivity index (χ3n) is 7.70. The van der Waals surface area contributed by atoms with Gasteiger partial charge in [-0.25, -0.2) is 17.8 Å². The largest absolute Gasteiger partial charge is 0.336 e. The van der Waals surface area contributed by atoms with Crippen LogP contribution in [0.25, 0.3) is 0 Å². The lowest BCUT2D eigenvalue weighted by Crippen LogP contribution is -2.55. The molecular formula is C25H24BrFN4O4S. The van der Waals surface area contributed by atoms with Crippen LogP contribution in [0.15, 0.2) is 46.0 Å². The van der Waals surface area contributed by atoms with E-state index in [1.165, 1.54) is 17.0 Å². The van der Waals surface area contributed by atoms with Crippen LogP contribution in [0.5, 0.6) is 0 Å². The van der Waals surface area contributed by atoms with Crippen molar-refractivity contribution < 1.29 is 22.4 Å². The molecular weight excluding hydrogens is 551 g/mol. The Morgan fingerprint density at radius 3 is 2.72 bits per heavy atom. The summed E-state index contributed by atoms with van der Waals surface area (Å²) in [6.07, 6.45) is 3.41. The number of carbonyl (C=O) groups is 2. The van der Waals surface area contributed by atoms with E-state index in [2.05, 4.69) is 20.9 Å². The number of amides is 2. The summed E-state index contributed by atoms with van der Waals surface area (Å²) in [5.74, 6) is -0.992. The number of hydrogen-bond acceptors (Lipinski definition) is 6. The summed E-state index contributed by atoms with van der Waals surface area (Å²) in [6.45, 7) is 0.375. The summed E-state index contributed by atoms with van der Waals surface area (Å²) in [7, 11) is -4.07. The molecule has 1 aromatic heterocycles. The molecule has 36 heavy (non-hydrogen) atoms. The molecule has 3 heterocycles. The van der Waals surface area contributed by atoms with Gasteiger partial charge in [-0.2, -0.15) is 5.26 Å². The molecule has 0 N–H and O–H groups in total. The van der Waals surface area contributed by atoms with Crippen LogP contribution in [0.2, 0.25) is 0 Å². The van der Waals surface area contributed by atoms with Gasteiger partial charge in [-0.1, -0.05) is 0 Å². The first-order valence-electron chi connectivity index (χ1n) is 11.8. The molecule has 3 atom stereocenters. The lowest BCUT2D eigenvalue weighted by Gasteiger charge is -2.43. The Morgan fingerprint density at radius 2 is 2.00 bits per heavy atom. The molecule has 5 rings (SSSR count). The van der Waals surface area contributed by atoms with Crippen molar-refractivity contribution in [1.29, 1.82) is 5.26 Å². The number of likely N-dealkylation sites (tertiary alicyclic amines) is 2. The van der Waals surface area contributed by atoms with Gasteiger partial charge in [0.1, 0.15) is 21.2 Å². The Bertz CT molecular complexity index is 1380. The van der Waals surface area contributed by atoms with E-state index in [1.807, 2.05) is 12.1 Å². The first-order chi connectivity index (χ1) is 17.2. The van der Waals surface area contributed by atoms with Crippen LogP contribution in [0.4, 0.5) is 4.39 Å². The minimum atomic E-state index is -4.07. The van der Waals surface area contributed by atoms with E-state index >= 15 is 0 Å². The van der Waals surface area contributed by atoms with Gasteiger partial charge in [0.2, 0.25) is 11.8 Å². The minimum absolute atomic E-state index is 0.00865. The van der Waals surface area contributed by atoms with Gasteiger partial charge in [0.15, 0.2) is 9.84 Å². The number of halogens is 2. The van der Waals surface area contributed by atoms with Crippen LogP contribution in [0, 0.1) is 17.1 Å². The van der Waals surface area contributed by atoms with E-state index in [9.17, 15) is 22.4 Å². The van der Waals surface area contributed by atoms with Crippen LogP contribution in [0.3, 0.4) is 0 Å². The Hall–Kier alpha value is -2.84. The molecule has 0 spiro atoms. The predicted octanol–water partition coefficient (Wildman–Crippen LogP) is 3.10. The molecule has 1 aromatic carbocycles. The standard InChI is InChI=1S/C25H24BrFN4O4S/c26-22-14-16-2-8-21-25(19(16)15-29-22,36(34,35)18-5-3-17(27)4-6-18)10-13-31(21)24(33)20-7-9-23(32)30(20)12-1-11-28/h3-6,14-15,20-21H,1-2,7-10,12-13H2/t20-,21?,25?/m0/s1. The third kappa shape index (κ3) is 3.73. The fourth-order valence-electron chi connectivity index (χ4n) is 6.09. The van der Waals surface area contributed by atoms with E-state index in [4.69, 9.17) is 5.26 Å². The number of hydrogen-bond donors (Lipinski definition) is 0. The second-order valence-corrected chi connectivity index (χ2v) is 12.4. The highest BCUT2D eigenvalue weighted by atomic mass is 79.9. The number of nitriles is 1. The quantitative estimate of drug-likeness (QED) is 0.400.